The lowest BCUT2D eigenvalue weighted by Gasteiger charge is -2.35. The Hall–Kier alpha value is -2.63. The van der Waals surface area contributed by atoms with Crippen molar-refractivity contribution in [2.45, 2.75) is 27.2 Å². The molecule has 136 valence electrons. The van der Waals surface area contributed by atoms with Gasteiger partial charge in [0, 0.05) is 25.8 Å². The Morgan fingerprint density at radius 1 is 1.08 bits per heavy atom. The maximum Gasteiger partial charge on any atom is 0.229 e. The number of hydrogen-bond donors (Lipinski definition) is 1. The average molecular weight is 350 g/mol. The Balaban J connectivity index is 1.78. The molecule has 6 nitrogen and oxygen atoms in total. The number of benzene rings is 1. The first-order valence-corrected chi connectivity index (χ1v) is 9.28. The van der Waals surface area contributed by atoms with Gasteiger partial charge in [0.2, 0.25) is 5.95 Å². The standard InChI is InChI=1S/C20H26N6/c1-13-9-14(2)12-26(11-13)20-23-18(16-10-21-25(4)19(16)24-20)22-17-8-6-5-7-15(17)3/h5-8,10,13-14H,9,11-12H2,1-4H3,(H,22,23,24)/t13-,14-/m1/s1. The number of hydrogen-bond acceptors (Lipinski definition) is 5. The molecule has 1 N–H and O–H groups in total. The third-order valence-corrected chi connectivity index (χ3v) is 5.13. The van der Waals surface area contributed by atoms with E-state index in [1.807, 2.05) is 30.1 Å². The van der Waals surface area contributed by atoms with E-state index in [9.17, 15) is 0 Å². The molecule has 3 aromatic rings. The Morgan fingerprint density at radius 3 is 2.54 bits per heavy atom. The number of anilines is 3. The lowest BCUT2D eigenvalue weighted by molar-refractivity contribution is 0.354. The maximum absolute atomic E-state index is 4.89. The molecule has 4 rings (SSSR count). The summed E-state index contributed by atoms with van der Waals surface area (Å²) in [5.41, 5.74) is 3.10. The molecule has 1 fully saturated rings. The van der Waals surface area contributed by atoms with Crippen LogP contribution in [0.3, 0.4) is 0 Å². The number of aryl methyl sites for hydroxylation is 2. The maximum atomic E-state index is 4.89. The van der Waals surface area contributed by atoms with Crippen molar-refractivity contribution in [3.8, 4) is 0 Å². The summed E-state index contributed by atoms with van der Waals surface area (Å²) in [5, 5.41) is 8.83. The second kappa shape index (κ2) is 6.59. The van der Waals surface area contributed by atoms with Crippen LogP contribution < -0.4 is 10.2 Å². The molecular weight excluding hydrogens is 324 g/mol. The summed E-state index contributed by atoms with van der Waals surface area (Å²) >= 11 is 0. The van der Waals surface area contributed by atoms with Gasteiger partial charge in [-0.25, -0.2) is 0 Å². The first kappa shape index (κ1) is 16.8. The van der Waals surface area contributed by atoms with E-state index in [-0.39, 0.29) is 0 Å². The van der Waals surface area contributed by atoms with Gasteiger partial charge < -0.3 is 10.2 Å². The first-order chi connectivity index (χ1) is 12.5. The molecule has 1 saturated heterocycles. The number of para-hydroxylation sites is 1. The molecule has 2 aromatic heterocycles. The van der Waals surface area contributed by atoms with E-state index in [0.29, 0.717) is 11.8 Å². The molecule has 1 aliphatic rings. The minimum Gasteiger partial charge on any atom is -0.340 e. The molecule has 1 aliphatic heterocycles. The molecule has 0 saturated carbocycles. The van der Waals surface area contributed by atoms with Gasteiger partial charge in [0.05, 0.1) is 11.6 Å². The van der Waals surface area contributed by atoms with Gasteiger partial charge >= 0.3 is 0 Å². The first-order valence-electron chi connectivity index (χ1n) is 9.28. The van der Waals surface area contributed by atoms with Crippen LogP contribution in [-0.2, 0) is 7.05 Å². The topological polar surface area (TPSA) is 58.9 Å². The van der Waals surface area contributed by atoms with Crippen molar-refractivity contribution in [3.05, 3.63) is 36.0 Å². The molecule has 0 aliphatic carbocycles. The van der Waals surface area contributed by atoms with E-state index in [2.05, 4.69) is 48.2 Å². The van der Waals surface area contributed by atoms with E-state index < -0.39 is 0 Å². The monoisotopic (exact) mass is 350 g/mol. The molecule has 0 radical (unpaired) electrons. The minimum absolute atomic E-state index is 0.650. The number of nitrogens with zero attached hydrogens (tertiary/aromatic N) is 5. The fourth-order valence-corrected chi connectivity index (χ4v) is 3.91. The predicted molar refractivity (Wildman–Crippen MR) is 106 cm³/mol. The zero-order valence-electron chi connectivity index (χ0n) is 15.9. The van der Waals surface area contributed by atoms with Gasteiger partial charge in [-0.05, 0) is 36.8 Å². The summed E-state index contributed by atoms with van der Waals surface area (Å²) < 4.78 is 1.82. The molecule has 0 unspecified atom stereocenters. The summed E-state index contributed by atoms with van der Waals surface area (Å²) in [6.45, 7) is 8.70. The van der Waals surface area contributed by atoms with Crippen LogP contribution in [0.25, 0.3) is 11.0 Å². The van der Waals surface area contributed by atoms with Crippen LogP contribution in [0.1, 0.15) is 25.8 Å². The largest absolute Gasteiger partial charge is 0.340 e. The normalized spacial score (nSPS) is 20.5. The highest BCUT2D eigenvalue weighted by molar-refractivity contribution is 5.89. The van der Waals surface area contributed by atoms with E-state index in [1.54, 1.807) is 0 Å². The predicted octanol–water partition coefficient (Wildman–Crippen LogP) is 3.90. The second-order valence-electron chi connectivity index (χ2n) is 7.67. The summed E-state index contributed by atoms with van der Waals surface area (Å²) in [7, 11) is 1.93. The number of rotatable bonds is 3. The summed E-state index contributed by atoms with van der Waals surface area (Å²) in [4.78, 5) is 12.0. The van der Waals surface area contributed by atoms with Gasteiger partial charge in [-0.15, -0.1) is 0 Å². The lowest BCUT2D eigenvalue weighted by Crippen LogP contribution is -2.39. The smallest absolute Gasteiger partial charge is 0.229 e. The molecule has 26 heavy (non-hydrogen) atoms. The lowest BCUT2D eigenvalue weighted by atomic mass is 9.92. The van der Waals surface area contributed by atoms with Crippen molar-refractivity contribution >= 4 is 28.5 Å². The van der Waals surface area contributed by atoms with E-state index in [0.717, 1.165) is 41.6 Å². The Morgan fingerprint density at radius 2 is 1.81 bits per heavy atom. The number of nitrogens with one attached hydrogen (secondary N) is 1. The van der Waals surface area contributed by atoms with E-state index in [4.69, 9.17) is 9.97 Å². The van der Waals surface area contributed by atoms with Gasteiger partial charge in [-0.2, -0.15) is 15.1 Å². The second-order valence-corrected chi connectivity index (χ2v) is 7.67. The van der Waals surface area contributed by atoms with Gasteiger partial charge in [0.1, 0.15) is 5.82 Å². The molecule has 6 heteroatoms. The van der Waals surface area contributed by atoms with Crippen LogP contribution >= 0.6 is 0 Å². The number of fused-ring (bicyclic) bond motifs is 1. The highest BCUT2D eigenvalue weighted by Crippen LogP contribution is 2.30. The van der Waals surface area contributed by atoms with Crippen LogP contribution in [0.2, 0.25) is 0 Å². The number of piperidine rings is 1. The molecule has 0 bridgehead atoms. The highest BCUT2D eigenvalue weighted by Gasteiger charge is 2.25. The van der Waals surface area contributed by atoms with Gasteiger partial charge in [0.25, 0.3) is 0 Å². The molecule has 0 amide bonds. The minimum atomic E-state index is 0.650. The fraction of sp³-hybridized carbons (Fsp3) is 0.450. The fourth-order valence-electron chi connectivity index (χ4n) is 3.91. The Labute approximate surface area is 154 Å². The summed E-state index contributed by atoms with van der Waals surface area (Å²) in [6.07, 6.45) is 3.10. The van der Waals surface area contributed by atoms with Crippen molar-refractivity contribution in [1.82, 2.24) is 19.7 Å². The molecule has 2 atom stereocenters. The zero-order chi connectivity index (χ0) is 18.3. The Bertz CT molecular complexity index is 921. The van der Waals surface area contributed by atoms with Crippen LogP contribution in [0.4, 0.5) is 17.5 Å². The van der Waals surface area contributed by atoms with Crippen molar-refractivity contribution in [2.24, 2.45) is 18.9 Å². The van der Waals surface area contributed by atoms with Gasteiger partial charge in [-0.3, -0.25) is 4.68 Å². The van der Waals surface area contributed by atoms with Crippen molar-refractivity contribution < 1.29 is 0 Å². The van der Waals surface area contributed by atoms with Gasteiger partial charge in [0.15, 0.2) is 5.65 Å². The zero-order valence-corrected chi connectivity index (χ0v) is 15.9. The SMILES string of the molecule is Cc1ccccc1Nc1nc(N2C[C@H](C)C[C@@H](C)C2)nc2c1cnn2C. The summed E-state index contributed by atoms with van der Waals surface area (Å²) in [5.74, 6) is 2.91. The highest BCUT2D eigenvalue weighted by atomic mass is 15.3. The molecular formula is C20H26N6. The van der Waals surface area contributed by atoms with Crippen LogP contribution in [0.5, 0.6) is 0 Å². The van der Waals surface area contributed by atoms with Crippen LogP contribution in [-0.4, -0.2) is 32.8 Å². The van der Waals surface area contributed by atoms with Gasteiger partial charge in [-0.1, -0.05) is 32.0 Å². The third kappa shape index (κ3) is 3.11. The Kier molecular flexibility index (Phi) is 4.26. The van der Waals surface area contributed by atoms with Crippen molar-refractivity contribution in [2.75, 3.05) is 23.3 Å². The van der Waals surface area contributed by atoms with Crippen LogP contribution in [0.15, 0.2) is 30.5 Å². The number of aromatic nitrogens is 4. The van der Waals surface area contributed by atoms with Crippen molar-refractivity contribution in [1.29, 1.82) is 0 Å². The van der Waals surface area contributed by atoms with Crippen molar-refractivity contribution in [3.63, 3.8) is 0 Å². The third-order valence-electron chi connectivity index (χ3n) is 5.13. The van der Waals surface area contributed by atoms with E-state index >= 15 is 0 Å². The van der Waals surface area contributed by atoms with Crippen LogP contribution in [0, 0.1) is 18.8 Å². The van der Waals surface area contributed by atoms with E-state index in [1.165, 1.54) is 12.0 Å². The molecule has 1 aromatic carbocycles. The quantitative estimate of drug-likeness (QED) is 0.776. The average Bonchev–Trinajstić information content (AvgIpc) is 2.97. The molecule has 3 heterocycles. The summed E-state index contributed by atoms with van der Waals surface area (Å²) in [6, 6.07) is 8.25. The molecule has 0 spiro atoms.